The van der Waals surface area contributed by atoms with E-state index in [0.29, 0.717) is 10.6 Å². The molecule has 0 fully saturated rings. The van der Waals surface area contributed by atoms with E-state index in [1.165, 1.54) is 0 Å². The van der Waals surface area contributed by atoms with Gasteiger partial charge >= 0.3 is 0 Å². The van der Waals surface area contributed by atoms with Gasteiger partial charge in [0.2, 0.25) is 0 Å². The Morgan fingerprint density at radius 1 is 0.955 bits per heavy atom. The minimum atomic E-state index is -3.65. The van der Waals surface area contributed by atoms with Crippen LogP contribution >= 0.6 is 0 Å². The molecule has 0 aliphatic heterocycles. The first kappa shape index (κ1) is 16.5. The molecule has 0 aromatic heterocycles. The second kappa shape index (κ2) is 6.10. The Kier molecular flexibility index (Phi) is 4.58. The highest BCUT2D eigenvalue weighted by molar-refractivity contribution is 7.92. The maximum Gasteiger partial charge on any atom is 0.262 e. The van der Waals surface area contributed by atoms with Gasteiger partial charge in [-0.2, -0.15) is 0 Å². The Labute approximate surface area is 131 Å². The van der Waals surface area contributed by atoms with Crippen LogP contribution in [0.2, 0.25) is 0 Å². The van der Waals surface area contributed by atoms with Gasteiger partial charge in [-0.25, -0.2) is 8.42 Å². The smallest absolute Gasteiger partial charge is 0.262 e. The summed E-state index contributed by atoms with van der Waals surface area (Å²) in [7, 11) is -3.65. The van der Waals surface area contributed by atoms with Gasteiger partial charge in [0.25, 0.3) is 10.0 Å². The summed E-state index contributed by atoms with van der Waals surface area (Å²) in [4.78, 5) is 0.344. The Bertz CT molecular complexity index is 767. The Morgan fingerprint density at radius 3 is 1.91 bits per heavy atom. The van der Waals surface area contributed by atoms with Gasteiger partial charge in [0, 0.05) is 5.69 Å². The molecule has 0 radical (unpaired) electrons. The van der Waals surface area contributed by atoms with Crippen molar-refractivity contribution in [1.29, 1.82) is 0 Å². The highest BCUT2D eigenvalue weighted by Crippen LogP contribution is 2.27. The lowest BCUT2D eigenvalue weighted by atomic mass is 10.0. The first-order valence-electron chi connectivity index (χ1n) is 7.06. The fraction of sp³-hybridized carbons (Fsp3) is 0.294. The molecule has 0 amide bonds. The fourth-order valence-corrected chi connectivity index (χ4v) is 4.14. The summed E-state index contributed by atoms with van der Waals surface area (Å²) in [5.41, 5.74) is 4.67. The molecule has 0 spiro atoms. The van der Waals surface area contributed by atoms with Gasteiger partial charge < -0.3 is 5.11 Å². The Hall–Kier alpha value is -1.85. The molecule has 2 aromatic carbocycles. The highest BCUT2D eigenvalue weighted by Gasteiger charge is 2.22. The minimum Gasteiger partial charge on any atom is -0.392 e. The molecule has 5 heteroatoms. The second-order valence-electron chi connectivity index (χ2n) is 5.55. The predicted molar refractivity (Wildman–Crippen MR) is 88.6 cm³/mol. The quantitative estimate of drug-likeness (QED) is 0.909. The molecule has 2 rings (SSSR count). The molecule has 2 aromatic rings. The lowest BCUT2D eigenvalue weighted by molar-refractivity contribution is 0.282. The second-order valence-corrected chi connectivity index (χ2v) is 7.17. The van der Waals surface area contributed by atoms with Crippen LogP contribution in [0, 0.1) is 27.7 Å². The van der Waals surface area contributed by atoms with E-state index in [1.54, 1.807) is 24.3 Å². The lowest BCUT2D eigenvalue weighted by Crippen LogP contribution is -2.17. The van der Waals surface area contributed by atoms with Gasteiger partial charge in [-0.15, -0.1) is 0 Å². The van der Waals surface area contributed by atoms with Crippen LogP contribution in [0.25, 0.3) is 0 Å². The summed E-state index contributed by atoms with van der Waals surface area (Å²) in [6.45, 7) is 7.41. The standard InChI is InChI=1S/C17H21NO3S/c1-11-9-12(2)14(4)17(13(11)3)22(20,21)18-16-7-5-15(10-19)6-8-16/h5-9,18-19H,10H2,1-4H3. The van der Waals surface area contributed by atoms with Crippen molar-refractivity contribution >= 4 is 15.7 Å². The number of sulfonamides is 1. The van der Waals surface area contributed by atoms with Gasteiger partial charge in [-0.1, -0.05) is 18.2 Å². The number of aliphatic hydroxyl groups excluding tert-OH is 1. The lowest BCUT2D eigenvalue weighted by Gasteiger charge is -2.16. The molecule has 118 valence electrons. The van der Waals surface area contributed by atoms with Gasteiger partial charge in [0.15, 0.2) is 0 Å². The van der Waals surface area contributed by atoms with Crippen LogP contribution in [-0.4, -0.2) is 13.5 Å². The zero-order valence-electron chi connectivity index (χ0n) is 13.3. The van der Waals surface area contributed by atoms with Crippen LogP contribution in [0.3, 0.4) is 0 Å². The third-order valence-electron chi connectivity index (χ3n) is 3.95. The largest absolute Gasteiger partial charge is 0.392 e. The number of hydrogen-bond donors (Lipinski definition) is 2. The van der Waals surface area contributed by atoms with E-state index in [2.05, 4.69) is 4.72 Å². The molecule has 0 aliphatic rings. The zero-order chi connectivity index (χ0) is 16.5. The zero-order valence-corrected chi connectivity index (χ0v) is 14.1. The number of benzene rings is 2. The van der Waals surface area contributed by atoms with E-state index in [4.69, 9.17) is 5.11 Å². The SMILES string of the molecule is Cc1cc(C)c(C)c(S(=O)(=O)Nc2ccc(CO)cc2)c1C. The number of rotatable bonds is 4. The maximum absolute atomic E-state index is 12.7. The molecular formula is C17H21NO3S. The van der Waals surface area contributed by atoms with Crippen molar-refractivity contribution in [3.63, 3.8) is 0 Å². The Morgan fingerprint density at radius 2 is 1.45 bits per heavy atom. The van der Waals surface area contributed by atoms with Gasteiger partial charge in [-0.05, 0) is 67.6 Å². The van der Waals surface area contributed by atoms with Crippen molar-refractivity contribution in [3.8, 4) is 0 Å². The summed E-state index contributed by atoms with van der Waals surface area (Å²) in [6, 6.07) is 8.69. The van der Waals surface area contributed by atoms with Crippen LogP contribution in [0.15, 0.2) is 35.2 Å². The average Bonchev–Trinajstić information content (AvgIpc) is 2.45. The van der Waals surface area contributed by atoms with E-state index in [-0.39, 0.29) is 6.61 Å². The summed E-state index contributed by atoms with van der Waals surface area (Å²) >= 11 is 0. The summed E-state index contributed by atoms with van der Waals surface area (Å²) in [6.07, 6.45) is 0. The van der Waals surface area contributed by atoms with Crippen molar-refractivity contribution in [2.75, 3.05) is 4.72 Å². The predicted octanol–water partition coefficient (Wildman–Crippen LogP) is 3.21. The van der Waals surface area contributed by atoms with Crippen molar-refractivity contribution in [2.45, 2.75) is 39.2 Å². The average molecular weight is 319 g/mol. The fourth-order valence-electron chi connectivity index (χ4n) is 2.47. The molecule has 0 heterocycles. The maximum atomic E-state index is 12.7. The normalized spacial score (nSPS) is 11.5. The van der Waals surface area contributed by atoms with Crippen LogP contribution in [0.4, 0.5) is 5.69 Å². The van der Waals surface area contributed by atoms with E-state index >= 15 is 0 Å². The third-order valence-corrected chi connectivity index (χ3v) is 5.61. The first-order chi connectivity index (χ1) is 10.3. The number of nitrogens with one attached hydrogen (secondary N) is 1. The molecular weight excluding hydrogens is 298 g/mol. The Balaban J connectivity index is 2.46. The monoisotopic (exact) mass is 319 g/mol. The van der Waals surface area contributed by atoms with Crippen LogP contribution in [-0.2, 0) is 16.6 Å². The van der Waals surface area contributed by atoms with E-state index in [9.17, 15) is 8.42 Å². The van der Waals surface area contributed by atoms with E-state index in [1.807, 2.05) is 33.8 Å². The molecule has 0 saturated heterocycles. The summed E-state index contributed by atoms with van der Waals surface area (Å²) in [5, 5.41) is 9.03. The van der Waals surface area contributed by atoms with Crippen molar-refractivity contribution in [1.82, 2.24) is 0 Å². The van der Waals surface area contributed by atoms with Gasteiger partial charge in [0.1, 0.15) is 0 Å². The molecule has 4 nitrogen and oxygen atoms in total. The van der Waals surface area contributed by atoms with Gasteiger partial charge in [0.05, 0.1) is 11.5 Å². The number of aryl methyl sites for hydroxylation is 2. The van der Waals surface area contributed by atoms with Crippen LogP contribution in [0.1, 0.15) is 27.8 Å². The molecule has 0 unspecified atom stereocenters. The van der Waals surface area contributed by atoms with Crippen LogP contribution in [0.5, 0.6) is 0 Å². The molecule has 0 atom stereocenters. The molecule has 0 aliphatic carbocycles. The van der Waals surface area contributed by atoms with Crippen LogP contribution < -0.4 is 4.72 Å². The summed E-state index contributed by atoms with van der Waals surface area (Å²) in [5.74, 6) is 0. The number of anilines is 1. The highest BCUT2D eigenvalue weighted by atomic mass is 32.2. The molecule has 0 bridgehead atoms. The molecule has 0 saturated carbocycles. The third kappa shape index (κ3) is 3.15. The molecule has 22 heavy (non-hydrogen) atoms. The first-order valence-corrected chi connectivity index (χ1v) is 8.54. The summed E-state index contributed by atoms with van der Waals surface area (Å²) < 4.78 is 28.1. The van der Waals surface area contributed by atoms with Gasteiger partial charge in [-0.3, -0.25) is 4.72 Å². The van der Waals surface area contributed by atoms with E-state index < -0.39 is 10.0 Å². The van der Waals surface area contributed by atoms with Crippen molar-refractivity contribution in [2.24, 2.45) is 0 Å². The topological polar surface area (TPSA) is 66.4 Å². The van der Waals surface area contributed by atoms with Crippen molar-refractivity contribution in [3.05, 3.63) is 58.1 Å². The van der Waals surface area contributed by atoms with E-state index in [0.717, 1.165) is 27.8 Å². The van der Waals surface area contributed by atoms with Crippen molar-refractivity contribution < 1.29 is 13.5 Å². The molecule has 2 N–H and O–H groups in total. The number of aliphatic hydroxyl groups is 1. The minimum absolute atomic E-state index is 0.0671. The number of hydrogen-bond acceptors (Lipinski definition) is 3.